The molecule has 0 aromatic carbocycles. The minimum Gasteiger partial charge on any atom is -0.469 e. The van der Waals surface area contributed by atoms with Crippen LogP contribution in [0.2, 0.25) is 5.15 Å². The lowest BCUT2D eigenvalue weighted by Gasteiger charge is -3.09. The Kier molecular flexibility index (Phi) is 1.34. The van der Waals surface area contributed by atoms with Crippen molar-refractivity contribution in [2.45, 2.75) is 5.41 Å². The van der Waals surface area contributed by atoms with Crippen molar-refractivity contribution in [3.63, 3.8) is 0 Å². The van der Waals surface area contributed by atoms with Crippen molar-refractivity contribution in [3.05, 3.63) is 29.6 Å². The van der Waals surface area contributed by atoms with Crippen LogP contribution in [0, 0.1) is 40.9 Å². The van der Waals surface area contributed by atoms with Gasteiger partial charge in [-0.1, -0.05) is 11.6 Å². The molecule has 0 spiro atoms. The van der Waals surface area contributed by atoms with E-state index >= 15 is 0 Å². The molecule has 6 aliphatic rings. The molecule has 0 bridgehead atoms. The molecule has 0 atom stereocenters. The van der Waals surface area contributed by atoms with Gasteiger partial charge in [0.15, 0.2) is 5.15 Å². The van der Waals surface area contributed by atoms with E-state index in [9.17, 15) is 4.79 Å². The van der Waals surface area contributed by atoms with E-state index in [1.165, 1.54) is 7.11 Å². The Hall–Kier alpha value is -1.62. The van der Waals surface area contributed by atoms with E-state index in [0.717, 1.165) is 11.3 Å². The Labute approximate surface area is 130 Å². The van der Waals surface area contributed by atoms with Gasteiger partial charge < -0.3 is 4.74 Å². The zero-order valence-electron chi connectivity index (χ0n) is 11.7. The van der Waals surface area contributed by atoms with Gasteiger partial charge in [0.1, 0.15) is 11.3 Å². The number of methoxy groups -OCH3 is 1. The van der Waals surface area contributed by atoms with Crippen molar-refractivity contribution in [1.82, 2.24) is 14.4 Å². The number of hydrogen-bond donors (Lipinski definition) is 0. The van der Waals surface area contributed by atoms with Crippen LogP contribution in [0.25, 0.3) is 5.52 Å². The standard InChI is InChI=1S/C16H12ClN3O2/c1-22-14(21)16-9-6-10(16)8-11(16)7(9)15(6,8)13-19-4-5-12(17)18-2-3-20(5)13/h2-4,6-11H,1H3. The molecule has 22 heavy (non-hydrogen) atoms. The second-order valence-electron chi connectivity index (χ2n) is 7.57. The first-order valence-electron chi connectivity index (χ1n) is 7.78. The molecule has 2 heterocycles. The Morgan fingerprint density at radius 2 is 1.91 bits per heavy atom. The maximum Gasteiger partial charge on any atom is 0.312 e. The zero-order valence-corrected chi connectivity index (χ0v) is 12.5. The second-order valence-corrected chi connectivity index (χ2v) is 7.93. The Bertz CT molecular complexity index is 881. The lowest BCUT2D eigenvalue weighted by atomic mass is 8.92. The summed E-state index contributed by atoms with van der Waals surface area (Å²) in [5, 5.41) is 0.504. The molecule has 0 amide bonds. The number of rotatable bonds is 2. The fourth-order valence-corrected chi connectivity index (χ4v) is 7.97. The number of imidazole rings is 1. The van der Waals surface area contributed by atoms with E-state index in [-0.39, 0.29) is 16.8 Å². The van der Waals surface area contributed by atoms with Crippen molar-refractivity contribution < 1.29 is 9.53 Å². The van der Waals surface area contributed by atoms with Crippen molar-refractivity contribution in [2.24, 2.45) is 40.9 Å². The van der Waals surface area contributed by atoms with Crippen LogP contribution >= 0.6 is 11.6 Å². The second kappa shape index (κ2) is 2.68. The first-order chi connectivity index (χ1) is 10.7. The minimum atomic E-state index is -0.0806. The number of esters is 1. The highest BCUT2D eigenvalue weighted by atomic mass is 35.5. The Morgan fingerprint density at radius 3 is 2.55 bits per heavy atom. The molecule has 6 aliphatic carbocycles. The van der Waals surface area contributed by atoms with Crippen molar-refractivity contribution in [3.8, 4) is 0 Å². The molecule has 8 rings (SSSR count). The van der Waals surface area contributed by atoms with Gasteiger partial charge in [0.05, 0.1) is 18.7 Å². The lowest BCUT2D eigenvalue weighted by Crippen LogP contribution is -3.12. The highest BCUT2D eigenvalue weighted by Gasteiger charge is 3.12. The molecule has 2 aromatic heterocycles. The predicted octanol–water partition coefficient (Wildman–Crippen LogP) is 1.55. The van der Waals surface area contributed by atoms with E-state index in [1.54, 1.807) is 6.20 Å². The highest BCUT2D eigenvalue weighted by molar-refractivity contribution is 6.32. The number of fused-ring (bicyclic) bond motifs is 1. The normalized spacial score (nSPS) is 53.5. The van der Waals surface area contributed by atoms with Crippen molar-refractivity contribution in [2.75, 3.05) is 7.11 Å². The van der Waals surface area contributed by atoms with Crippen molar-refractivity contribution in [1.29, 1.82) is 0 Å². The number of aromatic nitrogens is 3. The molecule has 6 fully saturated rings. The molecule has 0 unspecified atom stereocenters. The van der Waals surface area contributed by atoms with Crippen molar-refractivity contribution >= 4 is 23.1 Å². The summed E-state index contributed by atoms with van der Waals surface area (Å²) in [5.74, 6) is 4.80. The fraction of sp³-hybridized carbons (Fsp3) is 0.562. The third-order valence-corrected chi connectivity index (χ3v) is 8.26. The highest BCUT2D eigenvalue weighted by Crippen LogP contribution is 3.09. The fourth-order valence-electron chi connectivity index (χ4n) is 7.78. The van der Waals surface area contributed by atoms with Gasteiger partial charge in [-0.2, -0.15) is 0 Å². The summed E-state index contributed by atoms with van der Waals surface area (Å²) in [6, 6.07) is 0. The summed E-state index contributed by atoms with van der Waals surface area (Å²) < 4.78 is 7.20. The van der Waals surface area contributed by atoms with Gasteiger partial charge >= 0.3 is 5.97 Å². The average Bonchev–Trinajstić information content (AvgIpc) is 2.99. The van der Waals surface area contributed by atoms with Crippen LogP contribution in [0.3, 0.4) is 0 Å². The third kappa shape index (κ3) is 0.610. The summed E-state index contributed by atoms with van der Waals surface area (Å²) >= 11 is 6.18. The number of ether oxygens (including phenoxy) is 1. The molecule has 0 saturated heterocycles. The van der Waals surface area contributed by atoms with Crippen LogP contribution in [0.5, 0.6) is 0 Å². The molecule has 0 N–H and O–H groups in total. The van der Waals surface area contributed by atoms with Gasteiger partial charge in [-0.15, -0.1) is 0 Å². The van der Waals surface area contributed by atoms with E-state index < -0.39 is 0 Å². The average molecular weight is 314 g/mol. The van der Waals surface area contributed by atoms with Crippen LogP contribution in [-0.4, -0.2) is 27.4 Å². The third-order valence-electron chi connectivity index (χ3n) is 7.97. The zero-order chi connectivity index (χ0) is 14.6. The Morgan fingerprint density at radius 1 is 1.23 bits per heavy atom. The quantitative estimate of drug-likeness (QED) is 0.789. The summed E-state index contributed by atoms with van der Waals surface area (Å²) in [4.78, 5) is 21.0. The van der Waals surface area contributed by atoms with E-state index in [1.807, 2.05) is 12.4 Å². The maximum atomic E-state index is 12.2. The molecule has 5 nitrogen and oxygen atoms in total. The molecule has 0 radical (unpaired) electrons. The first kappa shape index (κ1) is 11.0. The molecule has 0 aliphatic heterocycles. The number of carbonyl (C=O) groups excluding carboxylic acids is 1. The molecule has 6 saturated carbocycles. The molecular weight excluding hydrogens is 302 g/mol. The topological polar surface area (TPSA) is 56.5 Å². The first-order valence-corrected chi connectivity index (χ1v) is 8.16. The smallest absolute Gasteiger partial charge is 0.312 e. The van der Waals surface area contributed by atoms with Crippen LogP contribution in [-0.2, 0) is 14.9 Å². The summed E-state index contributed by atoms with van der Waals surface area (Å²) in [5.41, 5.74) is 1.03. The van der Waals surface area contributed by atoms with Crippen LogP contribution < -0.4 is 0 Å². The van der Waals surface area contributed by atoms with Gasteiger partial charge in [0.2, 0.25) is 0 Å². The van der Waals surface area contributed by atoms with Gasteiger partial charge in [-0.05, 0) is 35.5 Å². The van der Waals surface area contributed by atoms with Crippen LogP contribution in [0.1, 0.15) is 5.82 Å². The van der Waals surface area contributed by atoms with E-state index in [4.69, 9.17) is 21.3 Å². The molecule has 2 aromatic rings. The predicted molar refractivity (Wildman–Crippen MR) is 75.1 cm³/mol. The monoisotopic (exact) mass is 313 g/mol. The van der Waals surface area contributed by atoms with Gasteiger partial charge in [0, 0.05) is 17.8 Å². The largest absolute Gasteiger partial charge is 0.469 e. The van der Waals surface area contributed by atoms with Gasteiger partial charge in [0.25, 0.3) is 0 Å². The Balaban J connectivity index is 1.38. The molecular formula is C16H12ClN3O2. The summed E-state index contributed by atoms with van der Waals surface area (Å²) in [6.07, 6.45) is 5.53. The lowest BCUT2D eigenvalue weighted by molar-refractivity contribution is -0.614. The minimum absolute atomic E-state index is 0.0461. The number of carbonyl (C=O) groups is 1. The number of halogens is 1. The number of nitrogens with zero attached hydrogens (tertiary/aromatic N) is 3. The SMILES string of the molecule is COC(=O)C12C3C4C1C1C2C3C41c1ncc2c(Cl)nccn12. The molecule has 110 valence electrons. The number of hydrogen-bond acceptors (Lipinski definition) is 4. The van der Waals surface area contributed by atoms with E-state index in [2.05, 4.69) is 9.38 Å². The van der Waals surface area contributed by atoms with Gasteiger partial charge in [-0.25, -0.2) is 9.97 Å². The van der Waals surface area contributed by atoms with E-state index in [0.29, 0.717) is 40.7 Å². The van der Waals surface area contributed by atoms with Gasteiger partial charge in [-0.3, -0.25) is 9.20 Å². The maximum absolute atomic E-state index is 12.2. The van der Waals surface area contributed by atoms with Crippen LogP contribution in [0.15, 0.2) is 18.6 Å². The molecule has 6 heteroatoms. The van der Waals surface area contributed by atoms with Crippen LogP contribution in [0.4, 0.5) is 0 Å². The summed E-state index contributed by atoms with van der Waals surface area (Å²) in [7, 11) is 1.52. The summed E-state index contributed by atoms with van der Waals surface area (Å²) in [6.45, 7) is 0.